The van der Waals surface area contributed by atoms with Crippen LogP contribution in [-0.2, 0) is 4.79 Å². The fraction of sp³-hybridized carbons (Fsp3) is 0.909. The number of nitrogens with zero attached hydrogens (tertiary/aromatic N) is 1. The quantitative estimate of drug-likeness (QED) is 0.606. The van der Waals surface area contributed by atoms with Crippen LogP contribution in [0.3, 0.4) is 0 Å². The minimum absolute atomic E-state index is 0.319. The van der Waals surface area contributed by atoms with Gasteiger partial charge in [0.25, 0.3) is 0 Å². The Morgan fingerprint density at radius 3 is 2.08 bits per heavy atom. The van der Waals surface area contributed by atoms with Gasteiger partial charge >= 0.3 is 0 Å². The van der Waals surface area contributed by atoms with E-state index in [1.165, 1.54) is 0 Å². The molecule has 0 fully saturated rings. The molecule has 1 unspecified atom stereocenters. The maximum Gasteiger partial charge on any atom is 0.130 e. The Labute approximate surface area is 82.3 Å². The fourth-order valence-electron chi connectivity index (χ4n) is 1.59. The van der Waals surface area contributed by atoms with Crippen LogP contribution in [0.1, 0.15) is 40.5 Å². The Balaban J connectivity index is 3.87. The van der Waals surface area contributed by atoms with E-state index in [1.54, 1.807) is 6.92 Å². The van der Waals surface area contributed by atoms with E-state index in [9.17, 15) is 4.79 Å². The third-order valence-electron chi connectivity index (χ3n) is 2.56. The summed E-state index contributed by atoms with van der Waals surface area (Å²) in [6.45, 7) is 11.4. The molecule has 1 atom stereocenters. The molecule has 0 saturated heterocycles. The lowest BCUT2D eigenvalue weighted by Crippen LogP contribution is -2.29. The molecule has 0 spiro atoms. The fourth-order valence-corrected chi connectivity index (χ4v) is 1.59. The van der Waals surface area contributed by atoms with Crippen LogP contribution in [0.15, 0.2) is 0 Å². The molecule has 0 heterocycles. The zero-order chi connectivity index (χ0) is 10.3. The van der Waals surface area contributed by atoms with Crippen molar-refractivity contribution in [2.75, 3.05) is 19.6 Å². The maximum atomic E-state index is 11.0. The van der Waals surface area contributed by atoms with Gasteiger partial charge in [-0.3, -0.25) is 0 Å². The molecule has 0 N–H and O–H groups in total. The molecule has 0 aliphatic rings. The lowest BCUT2D eigenvalue weighted by Gasteiger charge is -2.23. The van der Waals surface area contributed by atoms with E-state index in [1.807, 2.05) is 0 Å². The second-order valence-electron chi connectivity index (χ2n) is 3.67. The maximum absolute atomic E-state index is 11.0. The minimum atomic E-state index is 0.319. The van der Waals surface area contributed by atoms with Crippen molar-refractivity contribution in [1.29, 1.82) is 0 Å². The summed E-state index contributed by atoms with van der Waals surface area (Å²) in [5, 5.41) is 0. The number of Topliss-reactive ketones (excluding diaryl/α,β-unsaturated/α-hetero) is 1. The first kappa shape index (κ1) is 12.6. The number of hydrogen-bond donors (Lipinski definition) is 0. The largest absolute Gasteiger partial charge is 0.304 e. The lowest BCUT2D eigenvalue weighted by atomic mass is 9.99. The van der Waals surface area contributed by atoms with Crippen molar-refractivity contribution >= 4 is 5.78 Å². The van der Waals surface area contributed by atoms with Gasteiger partial charge in [-0.2, -0.15) is 0 Å². The van der Waals surface area contributed by atoms with Crippen molar-refractivity contribution in [3.05, 3.63) is 0 Å². The van der Waals surface area contributed by atoms with E-state index in [-0.39, 0.29) is 0 Å². The van der Waals surface area contributed by atoms with E-state index in [2.05, 4.69) is 25.7 Å². The summed E-state index contributed by atoms with van der Waals surface area (Å²) in [6.07, 6.45) is 1.85. The lowest BCUT2D eigenvalue weighted by molar-refractivity contribution is -0.118. The van der Waals surface area contributed by atoms with E-state index in [0.29, 0.717) is 11.7 Å². The second kappa shape index (κ2) is 7.07. The number of carbonyl (C=O) groups excluding carboxylic acids is 1. The highest BCUT2D eigenvalue weighted by molar-refractivity contribution is 5.75. The standard InChI is InChI=1S/C11H23NO/c1-5-11(8-10(4)13)9-12(6-2)7-3/h11H,5-9H2,1-4H3. The zero-order valence-corrected chi connectivity index (χ0v) is 9.47. The van der Waals surface area contributed by atoms with Gasteiger partial charge < -0.3 is 9.69 Å². The molecule has 78 valence electrons. The van der Waals surface area contributed by atoms with Crippen LogP contribution in [0.2, 0.25) is 0 Å². The van der Waals surface area contributed by atoms with Gasteiger partial charge in [0, 0.05) is 13.0 Å². The molecule has 0 rings (SSSR count). The minimum Gasteiger partial charge on any atom is -0.304 e. The third-order valence-corrected chi connectivity index (χ3v) is 2.56. The Bertz CT molecular complexity index is 141. The molecule has 0 aromatic heterocycles. The van der Waals surface area contributed by atoms with Crippen LogP contribution in [0.4, 0.5) is 0 Å². The van der Waals surface area contributed by atoms with Crippen LogP contribution in [0.25, 0.3) is 0 Å². The molecule has 0 bridgehead atoms. The summed E-state index contributed by atoms with van der Waals surface area (Å²) in [5.41, 5.74) is 0. The van der Waals surface area contributed by atoms with Crippen LogP contribution in [-0.4, -0.2) is 30.3 Å². The predicted molar refractivity (Wildman–Crippen MR) is 56.9 cm³/mol. The van der Waals surface area contributed by atoms with E-state index in [0.717, 1.165) is 32.5 Å². The molecule has 0 aliphatic carbocycles. The van der Waals surface area contributed by atoms with E-state index in [4.69, 9.17) is 0 Å². The third kappa shape index (κ3) is 5.81. The highest BCUT2D eigenvalue weighted by atomic mass is 16.1. The van der Waals surface area contributed by atoms with Gasteiger partial charge in [-0.1, -0.05) is 27.2 Å². The number of ketones is 1. The molecule has 0 aromatic carbocycles. The Hall–Kier alpha value is -0.370. The molecule has 2 heteroatoms. The van der Waals surface area contributed by atoms with Crippen LogP contribution in [0, 0.1) is 5.92 Å². The van der Waals surface area contributed by atoms with Gasteiger partial charge in [0.2, 0.25) is 0 Å². The van der Waals surface area contributed by atoms with Gasteiger partial charge in [0.1, 0.15) is 5.78 Å². The summed E-state index contributed by atoms with van der Waals surface area (Å²) in [4.78, 5) is 13.3. The monoisotopic (exact) mass is 185 g/mol. The predicted octanol–water partition coefficient (Wildman–Crippen LogP) is 2.33. The van der Waals surface area contributed by atoms with Crippen molar-refractivity contribution in [1.82, 2.24) is 4.90 Å². The van der Waals surface area contributed by atoms with Crippen molar-refractivity contribution in [3.63, 3.8) is 0 Å². The molecule has 0 aromatic rings. The molecular weight excluding hydrogens is 162 g/mol. The van der Waals surface area contributed by atoms with E-state index >= 15 is 0 Å². The van der Waals surface area contributed by atoms with Crippen molar-refractivity contribution < 1.29 is 4.79 Å². The summed E-state index contributed by atoms with van der Waals surface area (Å²) < 4.78 is 0. The Morgan fingerprint density at radius 2 is 1.77 bits per heavy atom. The smallest absolute Gasteiger partial charge is 0.130 e. The molecule has 0 saturated carbocycles. The number of rotatable bonds is 7. The molecular formula is C11H23NO. The molecule has 0 amide bonds. The van der Waals surface area contributed by atoms with Crippen molar-refractivity contribution in [3.8, 4) is 0 Å². The van der Waals surface area contributed by atoms with Gasteiger partial charge in [0.15, 0.2) is 0 Å². The van der Waals surface area contributed by atoms with Gasteiger partial charge in [-0.05, 0) is 25.9 Å². The molecule has 13 heavy (non-hydrogen) atoms. The Morgan fingerprint density at radius 1 is 1.23 bits per heavy atom. The molecule has 0 aliphatic heterocycles. The number of hydrogen-bond acceptors (Lipinski definition) is 2. The molecule has 2 nitrogen and oxygen atoms in total. The average Bonchev–Trinajstić information content (AvgIpc) is 2.11. The second-order valence-corrected chi connectivity index (χ2v) is 3.67. The van der Waals surface area contributed by atoms with Gasteiger partial charge in [0.05, 0.1) is 0 Å². The summed E-state index contributed by atoms with van der Waals surface area (Å²) in [6, 6.07) is 0. The zero-order valence-electron chi connectivity index (χ0n) is 9.47. The topological polar surface area (TPSA) is 20.3 Å². The SMILES string of the molecule is CCC(CC(C)=O)CN(CC)CC. The Kier molecular flexibility index (Phi) is 6.87. The van der Waals surface area contributed by atoms with Gasteiger partial charge in [-0.25, -0.2) is 0 Å². The molecule has 0 radical (unpaired) electrons. The summed E-state index contributed by atoms with van der Waals surface area (Å²) >= 11 is 0. The summed E-state index contributed by atoms with van der Waals surface area (Å²) in [5.74, 6) is 0.872. The number of carbonyl (C=O) groups is 1. The highest BCUT2D eigenvalue weighted by Gasteiger charge is 2.11. The van der Waals surface area contributed by atoms with Crippen LogP contribution >= 0.6 is 0 Å². The van der Waals surface area contributed by atoms with Gasteiger partial charge in [-0.15, -0.1) is 0 Å². The first-order valence-electron chi connectivity index (χ1n) is 5.35. The first-order chi connectivity index (χ1) is 6.13. The summed E-state index contributed by atoms with van der Waals surface area (Å²) in [7, 11) is 0. The highest BCUT2D eigenvalue weighted by Crippen LogP contribution is 2.10. The van der Waals surface area contributed by atoms with Crippen molar-refractivity contribution in [2.24, 2.45) is 5.92 Å². The van der Waals surface area contributed by atoms with Crippen LogP contribution < -0.4 is 0 Å². The van der Waals surface area contributed by atoms with Crippen LogP contribution in [0.5, 0.6) is 0 Å². The van der Waals surface area contributed by atoms with Crippen molar-refractivity contribution in [2.45, 2.75) is 40.5 Å². The first-order valence-corrected chi connectivity index (χ1v) is 5.35. The van der Waals surface area contributed by atoms with E-state index < -0.39 is 0 Å². The normalized spacial score (nSPS) is 13.3. The average molecular weight is 185 g/mol.